The molecular weight excluding hydrogens is 245 g/mol. The van der Waals surface area contributed by atoms with Crippen molar-refractivity contribution < 1.29 is 9.18 Å². The molecule has 1 atom stereocenters. The van der Waals surface area contributed by atoms with Gasteiger partial charge in [-0.3, -0.25) is 4.79 Å². The number of rotatable bonds is 3. The molecule has 1 heterocycles. The number of para-hydroxylation sites is 1. The molecule has 2 rings (SSSR count). The zero-order valence-electron chi connectivity index (χ0n) is 11.2. The highest BCUT2D eigenvalue weighted by Gasteiger charge is 2.27. The molecule has 1 fully saturated rings. The van der Waals surface area contributed by atoms with Gasteiger partial charge in [0, 0.05) is 26.7 Å². The summed E-state index contributed by atoms with van der Waals surface area (Å²) in [6.45, 7) is 1.61. The number of piperidine rings is 1. The zero-order chi connectivity index (χ0) is 13.8. The molecule has 1 saturated heterocycles. The Labute approximate surface area is 112 Å². The van der Waals surface area contributed by atoms with Gasteiger partial charge in [-0.05, 0) is 24.5 Å². The summed E-state index contributed by atoms with van der Waals surface area (Å²) in [4.78, 5) is 13.7. The van der Waals surface area contributed by atoms with Gasteiger partial charge in [0.25, 0.3) is 0 Å². The number of hydrogen-bond acceptors (Lipinski definition) is 3. The van der Waals surface area contributed by atoms with Crippen molar-refractivity contribution in [3.8, 4) is 0 Å². The second kappa shape index (κ2) is 6.02. The molecule has 0 aliphatic carbocycles. The molecule has 0 radical (unpaired) electrons. The van der Waals surface area contributed by atoms with Gasteiger partial charge in [-0.1, -0.05) is 12.1 Å². The number of benzene rings is 1. The molecule has 1 unspecified atom stereocenters. The largest absolute Gasteiger partial charge is 0.368 e. The Morgan fingerprint density at radius 2 is 2.37 bits per heavy atom. The summed E-state index contributed by atoms with van der Waals surface area (Å²) in [7, 11) is 1.63. The SMILES string of the molecule is CNC(=O)C1CCCN(c2c(F)cccc2CN)C1. The Hall–Kier alpha value is -1.62. The van der Waals surface area contributed by atoms with Crippen LogP contribution in [0.3, 0.4) is 0 Å². The van der Waals surface area contributed by atoms with Crippen molar-refractivity contribution in [1.29, 1.82) is 0 Å². The van der Waals surface area contributed by atoms with Gasteiger partial charge in [0.2, 0.25) is 5.91 Å². The number of halogens is 1. The van der Waals surface area contributed by atoms with Gasteiger partial charge in [0.05, 0.1) is 11.6 Å². The fraction of sp³-hybridized carbons (Fsp3) is 0.500. The fourth-order valence-electron chi connectivity index (χ4n) is 2.68. The van der Waals surface area contributed by atoms with E-state index in [1.807, 2.05) is 11.0 Å². The van der Waals surface area contributed by atoms with E-state index in [1.54, 1.807) is 13.1 Å². The normalized spacial score (nSPS) is 19.3. The molecule has 4 nitrogen and oxygen atoms in total. The first-order valence-electron chi connectivity index (χ1n) is 6.61. The minimum Gasteiger partial charge on any atom is -0.368 e. The third-order valence-corrected chi connectivity index (χ3v) is 3.65. The van der Waals surface area contributed by atoms with E-state index in [4.69, 9.17) is 5.73 Å². The highest BCUT2D eigenvalue weighted by molar-refractivity contribution is 5.79. The van der Waals surface area contributed by atoms with E-state index in [0.29, 0.717) is 18.8 Å². The summed E-state index contributed by atoms with van der Waals surface area (Å²) in [5.74, 6) is -0.320. The lowest BCUT2D eigenvalue weighted by Crippen LogP contribution is -2.43. The number of amides is 1. The van der Waals surface area contributed by atoms with Crippen LogP contribution in [0.5, 0.6) is 0 Å². The summed E-state index contributed by atoms with van der Waals surface area (Å²) in [5, 5.41) is 2.67. The minimum atomic E-state index is -0.263. The predicted octanol–water partition coefficient (Wildman–Crippen LogP) is 1.25. The summed E-state index contributed by atoms with van der Waals surface area (Å²) in [6.07, 6.45) is 1.74. The van der Waals surface area contributed by atoms with Crippen LogP contribution in [-0.2, 0) is 11.3 Å². The van der Waals surface area contributed by atoms with E-state index in [1.165, 1.54) is 6.07 Å². The van der Waals surface area contributed by atoms with E-state index in [-0.39, 0.29) is 17.6 Å². The van der Waals surface area contributed by atoms with Gasteiger partial charge >= 0.3 is 0 Å². The molecule has 1 aromatic carbocycles. The highest BCUT2D eigenvalue weighted by atomic mass is 19.1. The monoisotopic (exact) mass is 265 g/mol. The van der Waals surface area contributed by atoms with Gasteiger partial charge in [-0.2, -0.15) is 0 Å². The fourth-order valence-corrected chi connectivity index (χ4v) is 2.68. The molecule has 1 aliphatic rings. The summed E-state index contributed by atoms with van der Waals surface area (Å²) in [6, 6.07) is 4.95. The lowest BCUT2D eigenvalue weighted by atomic mass is 9.96. The molecule has 0 bridgehead atoms. The third kappa shape index (κ3) is 2.87. The summed E-state index contributed by atoms with van der Waals surface area (Å²) >= 11 is 0. The first kappa shape index (κ1) is 13.8. The zero-order valence-corrected chi connectivity index (χ0v) is 11.2. The number of hydrogen-bond donors (Lipinski definition) is 2. The van der Waals surface area contributed by atoms with Crippen LogP contribution in [-0.4, -0.2) is 26.0 Å². The van der Waals surface area contributed by atoms with Crippen LogP contribution in [0.1, 0.15) is 18.4 Å². The number of nitrogens with zero attached hydrogens (tertiary/aromatic N) is 1. The molecule has 1 aliphatic heterocycles. The van der Waals surface area contributed by atoms with Gasteiger partial charge in [-0.15, -0.1) is 0 Å². The average Bonchev–Trinajstić information content (AvgIpc) is 2.46. The molecule has 19 heavy (non-hydrogen) atoms. The number of carbonyl (C=O) groups excluding carboxylic acids is 1. The number of carbonyl (C=O) groups is 1. The Bertz CT molecular complexity index is 464. The first-order valence-corrected chi connectivity index (χ1v) is 6.61. The maximum Gasteiger partial charge on any atom is 0.224 e. The molecule has 0 saturated carbocycles. The Morgan fingerprint density at radius 3 is 3.05 bits per heavy atom. The van der Waals surface area contributed by atoms with Crippen LogP contribution < -0.4 is 16.0 Å². The van der Waals surface area contributed by atoms with Crippen molar-refractivity contribution in [2.75, 3.05) is 25.0 Å². The molecule has 104 valence electrons. The van der Waals surface area contributed by atoms with Gasteiger partial charge in [0.15, 0.2) is 0 Å². The molecule has 0 aromatic heterocycles. The maximum absolute atomic E-state index is 14.0. The number of nitrogens with two attached hydrogens (primary N) is 1. The summed E-state index contributed by atoms with van der Waals surface area (Å²) in [5.41, 5.74) is 7.02. The topological polar surface area (TPSA) is 58.4 Å². The average molecular weight is 265 g/mol. The second-order valence-electron chi connectivity index (χ2n) is 4.85. The second-order valence-corrected chi connectivity index (χ2v) is 4.85. The number of anilines is 1. The van der Waals surface area contributed by atoms with Crippen LogP contribution in [0, 0.1) is 11.7 Å². The van der Waals surface area contributed by atoms with E-state index in [9.17, 15) is 9.18 Å². The molecule has 1 aromatic rings. The van der Waals surface area contributed by atoms with Crippen LogP contribution in [0.15, 0.2) is 18.2 Å². The van der Waals surface area contributed by atoms with Gasteiger partial charge < -0.3 is 16.0 Å². The molecule has 0 spiro atoms. The quantitative estimate of drug-likeness (QED) is 0.864. The van der Waals surface area contributed by atoms with E-state index in [2.05, 4.69) is 5.32 Å². The first-order chi connectivity index (χ1) is 9.17. The van der Waals surface area contributed by atoms with E-state index < -0.39 is 0 Å². The highest BCUT2D eigenvalue weighted by Crippen LogP contribution is 2.29. The smallest absolute Gasteiger partial charge is 0.224 e. The van der Waals surface area contributed by atoms with Crippen molar-refractivity contribution in [2.24, 2.45) is 11.7 Å². The van der Waals surface area contributed by atoms with Gasteiger partial charge in [-0.25, -0.2) is 4.39 Å². The predicted molar refractivity (Wildman–Crippen MR) is 73.3 cm³/mol. The standard InChI is InChI=1S/C14H20FN3O/c1-17-14(19)11-5-3-7-18(9-11)13-10(8-16)4-2-6-12(13)15/h2,4,6,11H,3,5,7-9,16H2,1H3,(H,17,19). The van der Waals surface area contributed by atoms with Crippen LogP contribution in [0.25, 0.3) is 0 Å². The lowest BCUT2D eigenvalue weighted by Gasteiger charge is -2.34. The van der Waals surface area contributed by atoms with Crippen molar-refractivity contribution in [2.45, 2.75) is 19.4 Å². The molecular formula is C14H20FN3O. The van der Waals surface area contributed by atoms with Crippen molar-refractivity contribution in [3.05, 3.63) is 29.6 Å². The molecule has 5 heteroatoms. The third-order valence-electron chi connectivity index (χ3n) is 3.65. The number of nitrogens with one attached hydrogen (secondary N) is 1. The van der Waals surface area contributed by atoms with Crippen molar-refractivity contribution in [1.82, 2.24) is 5.32 Å². The van der Waals surface area contributed by atoms with Crippen LogP contribution >= 0.6 is 0 Å². The van der Waals surface area contributed by atoms with Crippen LogP contribution in [0.2, 0.25) is 0 Å². The lowest BCUT2D eigenvalue weighted by molar-refractivity contribution is -0.124. The van der Waals surface area contributed by atoms with Gasteiger partial charge in [0.1, 0.15) is 5.82 Å². The minimum absolute atomic E-state index is 0.0235. The summed E-state index contributed by atoms with van der Waals surface area (Å²) < 4.78 is 14.0. The Balaban J connectivity index is 2.24. The van der Waals surface area contributed by atoms with Crippen molar-refractivity contribution >= 4 is 11.6 Å². The van der Waals surface area contributed by atoms with E-state index >= 15 is 0 Å². The van der Waals surface area contributed by atoms with Crippen molar-refractivity contribution in [3.63, 3.8) is 0 Å². The van der Waals surface area contributed by atoms with Crippen LogP contribution in [0.4, 0.5) is 10.1 Å². The molecule has 1 amide bonds. The van der Waals surface area contributed by atoms with E-state index in [0.717, 1.165) is 24.9 Å². The molecule has 3 N–H and O–H groups in total. The Kier molecular flexibility index (Phi) is 4.37. The Morgan fingerprint density at radius 1 is 1.58 bits per heavy atom. The maximum atomic E-state index is 14.0.